The summed E-state index contributed by atoms with van der Waals surface area (Å²) in [6.07, 6.45) is 0.604. The summed E-state index contributed by atoms with van der Waals surface area (Å²) in [6, 6.07) is 10.4. The number of nitrogens with zero attached hydrogens (tertiary/aromatic N) is 2. The number of amides is 2. The Morgan fingerprint density at radius 2 is 1.83 bits per heavy atom. The number of non-ortho nitro benzene ring substituents is 1. The first-order chi connectivity index (χ1) is 13.9. The molecule has 0 aromatic heterocycles. The van der Waals surface area contributed by atoms with Crippen molar-refractivity contribution in [2.75, 3.05) is 19.0 Å². The van der Waals surface area contributed by atoms with Crippen molar-refractivity contribution >= 4 is 40.4 Å². The molecule has 0 atom stereocenters. The van der Waals surface area contributed by atoms with Crippen molar-refractivity contribution in [3.05, 3.63) is 68.9 Å². The first kappa shape index (κ1) is 20.3. The molecule has 0 radical (unpaired) electrons. The van der Waals surface area contributed by atoms with Gasteiger partial charge in [-0.25, -0.2) is 0 Å². The van der Waals surface area contributed by atoms with Crippen molar-refractivity contribution in [3.8, 4) is 5.75 Å². The fourth-order valence-corrected chi connectivity index (χ4v) is 3.28. The molecule has 0 fully saturated rings. The molecule has 1 heterocycles. The molecule has 9 heteroatoms. The number of hydrogen-bond donors (Lipinski definition) is 1. The molecule has 0 unspecified atom stereocenters. The number of halogens is 1. The number of nitro benzene ring substituents is 1. The van der Waals surface area contributed by atoms with E-state index in [0.717, 1.165) is 4.90 Å². The monoisotopic (exact) mass is 415 g/mol. The van der Waals surface area contributed by atoms with Gasteiger partial charge < -0.3 is 10.1 Å². The molecule has 0 saturated heterocycles. The molecular formula is C20H18ClN3O5. The Bertz CT molecular complexity index is 1020. The highest BCUT2D eigenvalue weighted by molar-refractivity contribution is 6.36. The molecule has 0 spiro atoms. The summed E-state index contributed by atoms with van der Waals surface area (Å²) in [6.45, 7) is 2.13. The molecule has 0 saturated carbocycles. The van der Waals surface area contributed by atoms with Gasteiger partial charge in [0, 0.05) is 24.4 Å². The number of ether oxygens (including phenoxy) is 1. The number of carbonyl (C=O) groups is 2. The fraction of sp³-hybridized carbons (Fsp3) is 0.200. The van der Waals surface area contributed by atoms with E-state index in [2.05, 4.69) is 5.32 Å². The average molecular weight is 416 g/mol. The van der Waals surface area contributed by atoms with Crippen LogP contribution in [0.5, 0.6) is 5.75 Å². The van der Waals surface area contributed by atoms with E-state index in [0.29, 0.717) is 28.4 Å². The fourth-order valence-electron chi connectivity index (χ4n) is 3.02. The maximum atomic E-state index is 12.9. The van der Waals surface area contributed by atoms with Crippen molar-refractivity contribution < 1.29 is 19.2 Å². The van der Waals surface area contributed by atoms with Gasteiger partial charge in [0.05, 0.1) is 22.6 Å². The number of methoxy groups -OCH3 is 1. The number of hydrogen-bond acceptors (Lipinski definition) is 6. The van der Waals surface area contributed by atoms with Crippen LogP contribution in [0, 0.1) is 10.1 Å². The number of carbonyl (C=O) groups excluding carboxylic acids is 2. The third-order valence-electron chi connectivity index (χ3n) is 4.40. The zero-order chi connectivity index (χ0) is 21.1. The van der Waals surface area contributed by atoms with Crippen LogP contribution in [0.25, 0.3) is 5.57 Å². The van der Waals surface area contributed by atoms with Crippen LogP contribution in [0.15, 0.2) is 48.2 Å². The van der Waals surface area contributed by atoms with E-state index in [9.17, 15) is 19.7 Å². The van der Waals surface area contributed by atoms with Crippen LogP contribution in [0.4, 0.5) is 11.4 Å². The van der Waals surface area contributed by atoms with Crippen LogP contribution in [0.1, 0.15) is 18.9 Å². The Kier molecular flexibility index (Phi) is 5.84. The molecule has 2 amide bonds. The van der Waals surface area contributed by atoms with Gasteiger partial charge in [0.1, 0.15) is 11.4 Å². The minimum absolute atomic E-state index is 0.0959. The molecule has 1 aliphatic rings. The Morgan fingerprint density at radius 1 is 1.14 bits per heavy atom. The maximum Gasteiger partial charge on any atom is 0.278 e. The van der Waals surface area contributed by atoms with Crippen LogP contribution in [-0.2, 0) is 9.59 Å². The molecule has 150 valence electrons. The highest BCUT2D eigenvalue weighted by Crippen LogP contribution is 2.33. The van der Waals surface area contributed by atoms with Crippen molar-refractivity contribution in [1.82, 2.24) is 4.90 Å². The minimum atomic E-state index is -0.526. The Balaban J connectivity index is 2.05. The van der Waals surface area contributed by atoms with Gasteiger partial charge in [-0.15, -0.1) is 0 Å². The van der Waals surface area contributed by atoms with Gasteiger partial charge in [-0.05, 0) is 42.3 Å². The van der Waals surface area contributed by atoms with Gasteiger partial charge in [0.2, 0.25) is 0 Å². The number of nitro groups is 1. The van der Waals surface area contributed by atoms with Crippen molar-refractivity contribution in [2.24, 2.45) is 0 Å². The van der Waals surface area contributed by atoms with Gasteiger partial charge in [-0.2, -0.15) is 0 Å². The van der Waals surface area contributed by atoms with Crippen LogP contribution in [-0.4, -0.2) is 35.3 Å². The third-order valence-corrected chi connectivity index (χ3v) is 4.70. The highest BCUT2D eigenvalue weighted by Gasteiger charge is 2.38. The first-order valence-corrected chi connectivity index (χ1v) is 9.21. The van der Waals surface area contributed by atoms with Gasteiger partial charge >= 0.3 is 0 Å². The van der Waals surface area contributed by atoms with Crippen molar-refractivity contribution in [3.63, 3.8) is 0 Å². The lowest BCUT2D eigenvalue weighted by Gasteiger charge is -2.14. The van der Waals surface area contributed by atoms with Crippen LogP contribution in [0.3, 0.4) is 0 Å². The maximum absolute atomic E-state index is 12.9. The lowest BCUT2D eigenvalue weighted by atomic mass is 10.0. The summed E-state index contributed by atoms with van der Waals surface area (Å²) in [4.78, 5) is 37.4. The lowest BCUT2D eigenvalue weighted by Crippen LogP contribution is -2.33. The molecule has 8 nitrogen and oxygen atoms in total. The predicted molar refractivity (Wildman–Crippen MR) is 109 cm³/mol. The van der Waals surface area contributed by atoms with Gasteiger partial charge in [-0.1, -0.05) is 18.5 Å². The van der Waals surface area contributed by atoms with Crippen LogP contribution < -0.4 is 10.1 Å². The Hall–Kier alpha value is -3.39. The van der Waals surface area contributed by atoms with E-state index < -0.39 is 16.7 Å². The van der Waals surface area contributed by atoms with Gasteiger partial charge in [0.25, 0.3) is 17.5 Å². The minimum Gasteiger partial charge on any atom is -0.495 e. The SMILES string of the molecule is CCCN1C(=O)C(Nc2ccc(OC)c(Cl)c2)=C(c2ccc([N+](=O)[O-])cc2)C1=O. The van der Waals surface area contributed by atoms with Crippen molar-refractivity contribution in [1.29, 1.82) is 0 Å². The van der Waals surface area contributed by atoms with Crippen LogP contribution in [0.2, 0.25) is 5.02 Å². The summed E-state index contributed by atoms with van der Waals surface area (Å²) < 4.78 is 5.12. The van der Waals surface area contributed by atoms with Gasteiger partial charge in [-0.3, -0.25) is 24.6 Å². The number of imide groups is 1. The molecule has 1 N–H and O–H groups in total. The Labute approximate surface area is 171 Å². The zero-order valence-electron chi connectivity index (χ0n) is 15.8. The quantitative estimate of drug-likeness (QED) is 0.418. The Morgan fingerprint density at radius 3 is 2.38 bits per heavy atom. The first-order valence-electron chi connectivity index (χ1n) is 8.83. The van der Waals surface area contributed by atoms with E-state index in [1.54, 1.807) is 18.2 Å². The predicted octanol–water partition coefficient (Wildman–Crippen LogP) is 3.86. The van der Waals surface area contributed by atoms with Crippen molar-refractivity contribution in [2.45, 2.75) is 13.3 Å². The summed E-state index contributed by atoms with van der Waals surface area (Å²) in [7, 11) is 1.49. The second-order valence-electron chi connectivity index (χ2n) is 6.29. The average Bonchev–Trinajstić information content (AvgIpc) is 2.93. The summed E-state index contributed by atoms with van der Waals surface area (Å²) in [5, 5.41) is 14.2. The zero-order valence-corrected chi connectivity index (χ0v) is 16.5. The molecule has 2 aromatic carbocycles. The molecule has 0 aliphatic carbocycles. The number of benzene rings is 2. The third kappa shape index (κ3) is 3.93. The van der Waals surface area contributed by atoms with Gasteiger partial charge in [0.15, 0.2) is 0 Å². The summed E-state index contributed by atoms with van der Waals surface area (Å²) in [5.74, 6) is -0.437. The summed E-state index contributed by atoms with van der Waals surface area (Å²) in [5.41, 5.74) is 1.07. The van der Waals surface area contributed by atoms with Crippen LogP contribution >= 0.6 is 11.6 Å². The molecule has 0 bridgehead atoms. The second kappa shape index (κ2) is 8.32. The summed E-state index contributed by atoms with van der Waals surface area (Å²) >= 11 is 6.15. The topological polar surface area (TPSA) is 102 Å². The molecular weight excluding hydrogens is 398 g/mol. The van der Waals surface area contributed by atoms with E-state index >= 15 is 0 Å². The standard InChI is InChI=1S/C20H18ClN3O5/c1-3-10-23-19(25)17(12-4-7-14(8-5-12)24(27)28)18(20(23)26)22-13-6-9-16(29-2)15(21)11-13/h4-9,11,22H,3,10H2,1-2H3. The normalized spacial score (nSPS) is 13.8. The van der Waals surface area contributed by atoms with E-state index in [1.165, 1.54) is 31.4 Å². The smallest absolute Gasteiger partial charge is 0.278 e. The molecule has 1 aliphatic heterocycles. The number of nitrogens with one attached hydrogen (secondary N) is 1. The number of rotatable bonds is 7. The van der Waals surface area contributed by atoms with E-state index in [-0.39, 0.29) is 23.5 Å². The lowest BCUT2D eigenvalue weighted by molar-refractivity contribution is -0.384. The number of anilines is 1. The largest absolute Gasteiger partial charge is 0.495 e. The second-order valence-corrected chi connectivity index (χ2v) is 6.70. The molecule has 3 rings (SSSR count). The molecule has 29 heavy (non-hydrogen) atoms. The highest BCUT2D eigenvalue weighted by atomic mass is 35.5. The van der Waals surface area contributed by atoms with E-state index in [1.807, 2.05) is 6.92 Å². The molecule has 2 aromatic rings. The van der Waals surface area contributed by atoms with E-state index in [4.69, 9.17) is 16.3 Å².